The maximum atomic E-state index is 11.2. The molecule has 7 nitrogen and oxygen atoms in total. The van der Waals surface area contributed by atoms with E-state index in [1.165, 1.54) is 7.11 Å². The van der Waals surface area contributed by atoms with E-state index in [-0.39, 0.29) is 0 Å². The summed E-state index contributed by atoms with van der Waals surface area (Å²) in [5.74, 6) is 1.64. The Morgan fingerprint density at radius 3 is 2.87 bits per heavy atom. The van der Waals surface area contributed by atoms with Gasteiger partial charge in [0.25, 0.3) is 0 Å². The van der Waals surface area contributed by atoms with Crippen LogP contribution in [0.25, 0.3) is 11.0 Å². The molecule has 0 atom stereocenters. The topological polar surface area (TPSA) is 102 Å². The predicted octanol–water partition coefficient (Wildman–Crippen LogP) is 3.42. The van der Waals surface area contributed by atoms with Crippen molar-refractivity contribution in [3.63, 3.8) is 0 Å². The highest BCUT2D eigenvalue weighted by atomic mass is 16.5. The Morgan fingerprint density at radius 2 is 2.09 bits per heavy atom. The van der Waals surface area contributed by atoms with Crippen LogP contribution in [0.1, 0.15) is 5.56 Å². The van der Waals surface area contributed by atoms with E-state index in [2.05, 4.69) is 20.0 Å². The standard InChI is InChI=1S/C16H16N4O3/c1-9-3-4-10(17)7-14(9)23-11-5-6-12-13(8-11)19-15(18-12)20-16(21)22-2/h3-8H,17H2,1-2H3,(H2,18,19,20,21). The van der Waals surface area contributed by atoms with Crippen LogP contribution >= 0.6 is 0 Å². The lowest BCUT2D eigenvalue weighted by Crippen LogP contribution is -2.11. The zero-order valence-electron chi connectivity index (χ0n) is 12.7. The largest absolute Gasteiger partial charge is 0.457 e. The molecule has 0 aliphatic rings. The second-order valence-electron chi connectivity index (χ2n) is 5.01. The second kappa shape index (κ2) is 5.88. The number of rotatable bonds is 3. The van der Waals surface area contributed by atoms with Gasteiger partial charge in [0, 0.05) is 17.8 Å². The number of nitrogens with two attached hydrogens (primary N) is 1. The van der Waals surface area contributed by atoms with Crippen molar-refractivity contribution in [1.29, 1.82) is 0 Å². The van der Waals surface area contributed by atoms with Crippen molar-refractivity contribution in [2.24, 2.45) is 0 Å². The molecule has 3 aromatic rings. The summed E-state index contributed by atoms with van der Waals surface area (Å²) in [5.41, 5.74) is 8.84. The molecule has 0 saturated heterocycles. The molecule has 23 heavy (non-hydrogen) atoms. The highest BCUT2D eigenvalue weighted by Gasteiger charge is 2.08. The van der Waals surface area contributed by atoms with Crippen molar-refractivity contribution in [2.75, 3.05) is 18.2 Å². The van der Waals surface area contributed by atoms with Gasteiger partial charge in [0.05, 0.1) is 18.1 Å². The van der Waals surface area contributed by atoms with Crippen LogP contribution in [-0.4, -0.2) is 23.2 Å². The van der Waals surface area contributed by atoms with Crippen LogP contribution in [0, 0.1) is 6.92 Å². The number of benzene rings is 2. The second-order valence-corrected chi connectivity index (χ2v) is 5.01. The van der Waals surface area contributed by atoms with Crippen LogP contribution in [0.3, 0.4) is 0 Å². The van der Waals surface area contributed by atoms with E-state index >= 15 is 0 Å². The first-order valence-corrected chi connectivity index (χ1v) is 6.94. The van der Waals surface area contributed by atoms with E-state index in [0.29, 0.717) is 28.7 Å². The molecule has 2 aromatic carbocycles. The molecule has 118 valence electrons. The number of aromatic nitrogens is 2. The number of hydrogen-bond acceptors (Lipinski definition) is 5. The Hall–Kier alpha value is -3.22. The molecule has 0 unspecified atom stereocenters. The average Bonchev–Trinajstić information content (AvgIpc) is 2.92. The number of methoxy groups -OCH3 is 1. The fourth-order valence-corrected chi connectivity index (χ4v) is 2.11. The van der Waals surface area contributed by atoms with Gasteiger partial charge in [-0.1, -0.05) is 6.07 Å². The molecule has 0 spiro atoms. The van der Waals surface area contributed by atoms with Gasteiger partial charge in [-0.25, -0.2) is 9.78 Å². The van der Waals surface area contributed by atoms with Crippen LogP contribution in [0.5, 0.6) is 11.5 Å². The number of fused-ring (bicyclic) bond motifs is 1. The van der Waals surface area contributed by atoms with Crippen LogP contribution < -0.4 is 15.8 Å². The third-order valence-electron chi connectivity index (χ3n) is 3.30. The number of aromatic amines is 1. The van der Waals surface area contributed by atoms with Gasteiger partial charge in [0.15, 0.2) is 0 Å². The molecule has 0 aliphatic heterocycles. The number of carbonyl (C=O) groups is 1. The normalized spacial score (nSPS) is 10.5. The van der Waals surface area contributed by atoms with Crippen molar-refractivity contribution in [2.45, 2.75) is 6.92 Å². The molecule has 0 saturated carbocycles. The summed E-state index contributed by atoms with van der Waals surface area (Å²) >= 11 is 0. The van der Waals surface area contributed by atoms with Gasteiger partial charge in [-0.3, -0.25) is 5.32 Å². The first-order valence-electron chi connectivity index (χ1n) is 6.94. The fourth-order valence-electron chi connectivity index (χ4n) is 2.11. The molecule has 3 rings (SSSR count). The van der Waals surface area contributed by atoms with E-state index < -0.39 is 6.09 Å². The number of H-pyrrole nitrogens is 1. The summed E-state index contributed by atoms with van der Waals surface area (Å²) in [7, 11) is 1.29. The fraction of sp³-hybridized carbons (Fsp3) is 0.125. The van der Waals surface area contributed by atoms with E-state index in [9.17, 15) is 4.79 Å². The van der Waals surface area contributed by atoms with Gasteiger partial charge in [-0.15, -0.1) is 0 Å². The minimum Gasteiger partial charge on any atom is -0.457 e. The highest BCUT2D eigenvalue weighted by molar-refractivity contribution is 5.86. The van der Waals surface area contributed by atoms with Crippen molar-refractivity contribution in [1.82, 2.24) is 9.97 Å². The van der Waals surface area contributed by atoms with Gasteiger partial charge < -0.3 is 20.2 Å². The van der Waals surface area contributed by atoms with E-state index in [1.54, 1.807) is 24.3 Å². The predicted molar refractivity (Wildman–Crippen MR) is 87.8 cm³/mol. The number of ether oxygens (including phenoxy) is 2. The third-order valence-corrected chi connectivity index (χ3v) is 3.30. The minimum absolute atomic E-state index is 0.309. The molecule has 0 aliphatic carbocycles. The molecular formula is C16H16N4O3. The lowest BCUT2D eigenvalue weighted by molar-refractivity contribution is 0.186. The van der Waals surface area contributed by atoms with Crippen LogP contribution in [0.4, 0.5) is 16.4 Å². The smallest absolute Gasteiger partial charge is 0.413 e. The maximum Gasteiger partial charge on any atom is 0.413 e. The Labute approximate surface area is 132 Å². The van der Waals surface area contributed by atoms with Crippen molar-refractivity contribution in [3.8, 4) is 11.5 Å². The minimum atomic E-state index is -0.587. The number of nitrogen functional groups attached to an aromatic ring is 1. The number of hydrogen-bond donors (Lipinski definition) is 3. The molecule has 0 fully saturated rings. The summed E-state index contributed by atoms with van der Waals surface area (Å²) < 4.78 is 10.4. The number of nitrogens with zero attached hydrogens (tertiary/aromatic N) is 1. The SMILES string of the molecule is COC(=O)Nc1nc2ccc(Oc3cc(N)ccc3C)cc2[nH]1. The van der Waals surface area contributed by atoms with E-state index in [4.69, 9.17) is 10.5 Å². The number of anilines is 2. The van der Waals surface area contributed by atoms with Gasteiger partial charge in [-0.2, -0.15) is 0 Å². The summed E-state index contributed by atoms with van der Waals surface area (Å²) in [6.07, 6.45) is -0.587. The number of aryl methyl sites for hydroxylation is 1. The van der Waals surface area contributed by atoms with E-state index in [1.807, 2.05) is 19.1 Å². The van der Waals surface area contributed by atoms with Crippen molar-refractivity contribution in [3.05, 3.63) is 42.0 Å². The molecule has 7 heteroatoms. The number of amides is 1. The summed E-state index contributed by atoms with van der Waals surface area (Å²) in [5, 5.41) is 2.48. The van der Waals surface area contributed by atoms with Gasteiger partial charge in [0.2, 0.25) is 5.95 Å². The quantitative estimate of drug-likeness (QED) is 0.643. The van der Waals surface area contributed by atoms with Crippen molar-refractivity contribution < 1.29 is 14.3 Å². The van der Waals surface area contributed by atoms with Crippen molar-refractivity contribution >= 4 is 28.8 Å². The Morgan fingerprint density at radius 1 is 1.26 bits per heavy atom. The third kappa shape index (κ3) is 3.18. The number of nitrogens with one attached hydrogen (secondary N) is 2. The maximum absolute atomic E-state index is 11.2. The number of carbonyl (C=O) groups excluding carboxylic acids is 1. The monoisotopic (exact) mass is 312 g/mol. The summed E-state index contributed by atoms with van der Waals surface area (Å²) in [6.45, 7) is 1.95. The first kappa shape index (κ1) is 14.7. The van der Waals surface area contributed by atoms with Gasteiger partial charge in [-0.05, 0) is 30.7 Å². The molecular weight excluding hydrogens is 296 g/mol. The molecule has 1 heterocycles. The van der Waals surface area contributed by atoms with E-state index in [0.717, 1.165) is 11.1 Å². The van der Waals surface area contributed by atoms with Crippen LogP contribution in [0.15, 0.2) is 36.4 Å². The molecule has 1 amide bonds. The first-order chi connectivity index (χ1) is 11.0. The molecule has 0 bridgehead atoms. The molecule has 0 radical (unpaired) electrons. The lowest BCUT2D eigenvalue weighted by atomic mass is 10.2. The summed E-state index contributed by atoms with van der Waals surface area (Å²) in [4.78, 5) is 18.4. The van der Waals surface area contributed by atoms with Gasteiger partial charge in [0.1, 0.15) is 11.5 Å². The van der Waals surface area contributed by atoms with Crippen LogP contribution in [-0.2, 0) is 4.74 Å². The number of imidazole rings is 1. The Balaban J connectivity index is 1.87. The van der Waals surface area contributed by atoms with Crippen LogP contribution in [0.2, 0.25) is 0 Å². The average molecular weight is 312 g/mol. The summed E-state index contributed by atoms with van der Waals surface area (Å²) in [6, 6.07) is 10.9. The lowest BCUT2D eigenvalue weighted by Gasteiger charge is -2.09. The zero-order chi connectivity index (χ0) is 16.4. The zero-order valence-corrected chi connectivity index (χ0v) is 12.7. The highest BCUT2D eigenvalue weighted by Crippen LogP contribution is 2.29. The molecule has 4 N–H and O–H groups in total. The molecule has 1 aromatic heterocycles. The Kier molecular flexibility index (Phi) is 3.76. The van der Waals surface area contributed by atoms with Gasteiger partial charge >= 0.3 is 6.09 Å². The Bertz CT molecular complexity index is 873.